The molecule has 0 saturated carbocycles. The molecule has 1 aromatic heterocycles. The Balaban J connectivity index is 1.96. The molecule has 0 bridgehead atoms. The number of hydrogen-bond donors (Lipinski definition) is 1. The summed E-state index contributed by atoms with van der Waals surface area (Å²) in [6.45, 7) is 3.54. The van der Waals surface area contributed by atoms with E-state index in [0.717, 1.165) is 32.2 Å². The molecule has 1 aromatic rings. The van der Waals surface area contributed by atoms with E-state index in [1.165, 1.54) is 6.33 Å². The third-order valence-electron chi connectivity index (χ3n) is 3.44. The van der Waals surface area contributed by atoms with Gasteiger partial charge in [0.2, 0.25) is 5.91 Å². The van der Waals surface area contributed by atoms with Crippen molar-refractivity contribution in [3.63, 3.8) is 0 Å². The quantitative estimate of drug-likeness (QED) is 0.848. The van der Waals surface area contributed by atoms with Gasteiger partial charge in [0.1, 0.15) is 12.7 Å². The molecule has 2 heterocycles. The third kappa shape index (κ3) is 2.87. The molecule has 1 saturated heterocycles. The first-order valence-electron chi connectivity index (χ1n) is 6.61. The highest BCUT2D eigenvalue weighted by Gasteiger charge is 2.27. The molecule has 2 atom stereocenters. The van der Waals surface area contributed by atoms with E-state index in [1.807, 2.05) is 16.5 Å². The number of aromatic nitrogens is 3. The van der Waals surface area contributed by atoms with Crippen LogP contribution in [-0.2, 0) is 4.79 Å². The van der Waals surface area contributed by atoms with Crippen molar-refractivity contribution < 1.29 is 4.79 Å². The molecule has 6 nitrogen and oxygen atoms in total. The van der Waals surface area contributed by atoms with Gasteiger partial charge in [0.05, 0.1) is 12.1 Å². The van der Waals surface area contributed by atoms with Crippen LogP contribution in [0.4, 0.5) is 0 Å². The summed E-state index contributed by atoms with van der Waals surface area (Å²) in [7, 11) is 0. The van der Waals surface area contributed by atoms with Crippen molar-refractivity contribution in [3.05, 3.63) is 12.7 Å². The predicted molar refractivity (Wildman–Crippen MR) is 67.8 cm³/mol. The van der Waals surface area contributed by atoms with Gasteiger partial charge in [0.25, 0.3) is 0 Å². The molecule has 0 radical (unpaired) electrons. The maximum Gasteiger partial charge on any atom is 0.239 e. The number of rotatable bonds is 4. The molecule has 0 aliphatic carbocycles. The van der Waals surface area contributed by atoms with E-state index in [1.54, 1.807) is 6.33 Å². The zero-order valence-electron chi connectivity index (χ0n) is 10.8. The summed E-state index contributed by atoms with van der Waals surface area (Å²) in [6.07, 6.45) is 6.97. The minimum Gasteiger partial charge on any atom is -0.339 e. The van der Waals surface area contributed by atoms with Gasteiger partial charge in [-0.3, -0.25) is 4.79 Å². The van der Waals surface area contributed by atoms with E-state index in [2.05, 4.69) is 10.1 Å². The third-order valence-corrected chi connectivity index (χ3v) is 3.44. The van der Waals surface area contributed by atoms with Crippen molar-refractivity contribution in [2.24, 2.45) is 5.73 Å². The fraction of sp³-hybridized carbons (Fsp3) is 0.750. The molecule has 1 aliphatic rings. The topological polar surface area (TPSA) is 77.0 Å². The number of nitrogens with two attached hydrogens (primary N) is 1. The lowest BCUT2D eigenvalue weighted by molar-refractivity contribution is -0.134. The molecule has 0 aromatic carbocycles. The second-order valence-corrected chi connectivity index (χ2v) is 4.85. The van der Waals surface area contributed by atoms with Crippen molar-refractivity contribution in [1.29, 1.82) is 0 Å². The van der Waals surface area contributed by atoms with Crippen molar-refractivity contribution in [1.82, 2.24) is 19.7 Å². The van der Waals surface area contributed by atoms with Crippen LogP contribution >= 0.6 is 0 Å². The van der Waals surface area contributed by atoms with Crippen LogP contribution in [0, 0.1) is 0 Å². The van der Waals surface area contributed by atoms with Gasteiger partial charge in [-0.1, -0.05) is 13.3 Å². The molecule has 1 fully saturated rings. The summed E-state index contributed by atoms with van der Waals surface area (Å²) < 4.78 is 1.84. The van der Waals surface area contributed by atoms with E-state index in [-0.39, 0.29) is 18.0 Å². The highest BCUT2D eigenvalue weighted by atomic mass is 16.2. The average molecular weight is 251 g/mol. The van der Waals surface area contributed by atoms with Crippen LogP contribution in [-0.4, -0.2) is 44.7 Å². The zero-order chi connectivity index (χ0) is 13.0. The Hall–Kier alpha value is -1.43. The monoisotopic (exact) mass is 251 g/mol. The molecule has 2 N–H and O–H groups in total. The van der Waals surface area contributed by atoms with Crippen LogP contribution in [0.2, 0.25) is 0 Å². The van der Waals surface area contributed by atoms with Crippen LogP contribution in [0.25, 0.3) is 0 Å². The smallest absolute Gasteiger partial charge is 0.239 e. The van der Waals surface area contributed by atoms with Gasteiger partial charge >= 0.3 is 0 Å². The Kier molecular flexibility index (Phi) is 4.30. The van der Waals surface area contributed by atoms with Gasteiger partial charge in [-0.15, -0.1) is 0 Å². The van der Waals surface area contributed by atoms with Gasteiger partial charge in [-0.05, 0) is 19.3 Å². The first kappa shape index (κ1) is 13.0. The van der Waals surface area contributed by atoms with Crippen molar-refractivity contribution in [3.8, 4) is 0 Å². The Bertz CT molecular complexity index is 378. The molecule has 2 rings (SSSR count). The minimum atomic E-state index is -0.357. The van der Waals surface area contributed by atoms with Crippen LogP contribution < -0.4 is 5.73 Å². The average Bonchev–Trinajstić information content (AvgIpc) is 2.92. The largest absolute Gasteiger partial charge is 0.339 e. The summed E-state index contributed by atoms with van der Waals surface area (Å²) in [5.41, 5.74) is 5.90. The molecular weight excluding hydrogens is 230 g/mol. The lowest BCUT2D eigenvalue weighted by atomic mass is 10.0. The lowest BCUT2D eigenvalue weighted by Gasteiger charge is -2.34. The number of carbonyl (C=O) groups excluding carboxylic acids is 1. The lowest BCUT2D eigenvalue weighted by Crippen LogP contribution is -2.48. The van der Waals surface area contributed by atoms with Crippen LogP contribution in [0.3, 0.4) is 0 Å². The molecule has 1 aliphatic heterocycles. The Morgan fingerprint density at radius 2 is 2.44 bits per heavy atom. The highest BCUT2D eigenvalue weighted by Crippen LogP contribution is 2.20. The first-order chi connectivity index (χ1) is 8.72. The Morgan fingerprint density at radius 3 is 3.11 bits per heavy atom. The second kappa shape index (κ2) is 5.95. The van der Waals surface area contributed by atoms with Crippen LogP contribution in [0.5, 0.6) is 0 Å². The molecule has 18 heavy (non-hydrogen) atoms. The summed E-state index contributed by atoms with van der Waals surface area (Å²) in [5.74, 6) is 0.0710. The van der Waals surface area contributed by atoms with E-state index >= 15 is 0 Å². The predicted octanol–water partition coefficient (Wildman–Crippen LogP) is 0.569. The number of carbonyl (C=O) groups is 1. The molecular formula is C12H21N5O. The van der Waals surface area contributed by atoms with Crippen molar-refractivity contribution in [2.45, 2.75) is 44.7 Å². The molecule has 1 amide bonds. The highest BCUT2D eigenvalue weighted by molar-refractivity contribution is 5.81. The number of nitrogens with zero attached hydrogens (tertiary/aromatic N) is 4. The molecule has 6 heteroatoms. The molecule has 0 spiro atoms. The number of hydrogen-bond acceptors (Lipinski definition) is 4. The second-order valence-electron chi connectivity index (χ2n) is 4.85. The van der Waals surface area contributed by atoms with E-state index < -0.39 is 0 Å². The van der Waals surface area contributed by atoms with E-state index in [0.29, 0.717) is 6.54 Å². The number of likely N-dealkylation sites (tertiary alicyclic amines) is 1. The Labute approximate surface area is 107 Å². The summed E-state index contributed by atoms with van der Waals surface area (Å²) >= 11 is 0. The first-order valence-corrected chi connectivity index (χ1v) is 6.61. The van der Waals surface area contributed by atoms with Crippen LogP contribution in [0.1, 0.15) is 38.6 Å². The fourth-order valence-corrected chi connectivity index (χ4v) is 2.45. The minimum absolute atomic E-state index is 0.0710. The fourth-order valence-electron chi connectivity index (χ4n) is 2.45. The maximum atomic E-state index is 12.2. The Morgan fingerprint density at radius 1 is 1.61 bits per heavy atom. The van der Waals surface area contributed by atoms with Crippen molar-refractivity contribution >= 4 is 5.91 Å². The number of amides is 1. The van der Waals surface area contributed by atoms with Gasteiger partial charge in [-0.25, -0.2) is 9.67 Å². The SMILES string of the molecule is CCCC(N)C(=O)N1CCCC(n2cncn2)C1. The van der Waals surface area contributed by atoms with Gasteiger partial charge in [0.15, 0.2) is 0 Å². The molecule has 2 unspecified atom stereocenters. The summed E-state index contributed by atoms with van der Waals surface area (Å²) in [6, 6.07) is -0.122. The number of piperidine rings is 1. The summed E-state index contributed by atoms with van der Waals surface area (Å²) in [5, 5.41) is 4.15. The van der Waals surface area contributed by atoms with E-state index in [9.17, 15) is 4.79 Å². The van der Waals surface area contributed by atoms with Crippen molar-refractivity contribution in [2.75, 3.05) is 13.1 Å². The zero-order valence-corrected chi connectivity index (χ0v) is 10.8. The van der Waals surface area contributed by atoms with Gasteiger partial charge < -0.3 is 10.6 Å². The summed E-state index contributed by atoms with van der Waals surface area (Å²) in [4.78, 5) is 18.0. The maximum absolute atomic E-state index is 12.2. The van der Waals surface area contributed by atoms with E-state index in [4.69, 9.17) is 5.73 Å². The molecule has 100 valence electrons. The van der Waals surface area contributed by atoms with Gasteiger partial charge in [0, 0.05) is 13.1 Å². The normalized spacial score (nSPS) is 21.9. The standard InChI is InChI=1S/C12H21N5O/c1-2-4-11(13)12(18)16-6-3-5-10(7-16)17-9-14-8-15-17/h8-11H,2-7,13H2,1H3. The van der Waals surface area contributed by atoms with Gasteiger partial charge in [-0.2, -0.15) is 5.10 Å². The van der Waals surface area contributed by atoms with Crippen LogP contribution in [0.15, 0.2) is 12.7 Å².